The lowest BCUT2D eigenvalue weighted by molar-refractivity contribution is -0.112. The topological polar surface area (TPSA) is 108 Å². The van der Waals surface area contributed by atoms with Gasteiger partial charge in [-0.1, -0.05) is 13.8 Å². The molecule has 1 amide bonds. The zero-order valence-corrected chi connectivity index (χ0v) is 18.5. The Morgan fingerprint density at radius 3 is 2.69 bits per heavy atom. The van der Waals surface area contributed by atoms with Gasteiger partial charge in [-0.3, -0.25) is 9.89 Å². The second-order valence-corrected chi connectivity index (χ2v) is 8.18. The molecule has 0 aliphatic carbocycles. The van der Waals surface area contributed by atoms with E-state index in [4.69, 9.17) is 4.74 Å². The number of anilines is 1. The van der Waals surface area contributed by atoms with Gasteiger partial charge in [-0.15, -0.1) is 11.3 Å². The number of halogens is 1. The Balaban J connectivity index is 1.91. The molecule has 0 bridgehead atoms. The first-order valence-corrected chi connectivity index (χ1v) is 10.7. The standard InChI is InChI=1S/C23H21FN4O3S/c1-4-31-23(30)18-10-19(13(2)3)32-22(18)27-21(29)15(11-25)9-16-12-26-28-20(16)14-5-7-17(24)8-6-14/h5-10,12-13H,4H2,1-3H3,(H,26,28)(H,27,29). The molecule has 0 unspecified atom stereocenters. The zero-order valence-electron chi connectivity index (χ0n) is 17.7. The van der Waals surface area contributed by atoms with Gasteiger partial charge >= 0.3 is 5.97 Å². The largest absolute Gasteiger partial charge is 0.462 e. The lowest BCUT2D eigenvalue weighted by atomic mass is 10.1. The van der Waals surface area contributed by atoms with Crippen molar-refractivity contribution in [2.75, 3.05) is 11.9 Å². The fraction of sp³-hybridized carbons (Fsp3) is 0.217. The first kappa shape index (κ1) is 22.9. The number of ether oxygens (including phenoxy) is 1. The zero-order chi connectivity index (χ0) is 23.3. The summed E-state index contributed by atoms with van der Waals surface area (Å²) in [4.78, 5) is 26.1. The number of nitrogens with zero attached hydrogens (tertiary/aromatic N) is 2. The van der Waals surface area contributed by atoms with Crippen LogP contribution in [0.5, 0.6) is 0 Å². The molecule has 32 heavy (non-hydrogen) atoms. The molecule has 1 aromatic carbocycles. The summed E-state index contributed by atoms with van der Waals surface area (Å²) < 4.78 is 18.3. The van der Waals surface area contributed by atoms with Crippen molar-refractivity contribution < 1.29 is 18.7 Å². The van der Waals surface area contributed by atoms with E-state index in [2.05, 4.69) is 15.5 Å². The van der Waals surface area contributed by atoms with Gasteiger partial charge in [0, 0.05) is 16.0 Å². The van der Waals surface area contributed by atoms with Crippen LogP contribution in [0.15, 0.2) is 42.1 Å². The third-order valence-electron chi connectivity index (χ3n) is 4.51. The Bertz CT molecular complexity index is 1200. The number of amides is 1. The van der Waals surface area contributed by atoms with Crippen LogP contribution in [0.2, 0.25) is 0 Å². The molecule has 2 heterocycles. The van der Waals surface area contributed by atoms with Crippen molar-refractivity contribution in [1.82, 2.24) is 10.2 Å². The molecule has 0 fully saturated rings. The van der Waals surface area contributed by atoms with Gasteiger partial charge in [-0.25, -0.2) is 9.18 Å². The van der Waals surface area contributed by atoms with Crippen LogP contribution in [0.3, 0.4) is 0 Å². The number of aromatic nitrogens is 2. The van der Waals surface area contributed by atoms with Crippen molar-refractivity contribution in [2.45, 2.75) is 26.7 Å². The maximum Gasteiger partial charge on any atom is 0.341 e. The summed E-state index contributed by atoms with van der Waals surface area (Å²) in [6.45, 7) is 5.85. The average molecular weight is 453 g/mol. The van der Waals surface area contributed by atoms with Gasteiger partial charge in [0.15, 0.2) is 0 Å². The Labute approximate surface area is 188 Å². The van der Waals surface area contributed by atoms with E-state index in [0.29, 0.717) is 21.8 Å². The first-order valence-electron chi connectivity index (χ1n) is 9.87. The molecule has 2 aromatic heterocycles. The highest BCUT2D eigenvalue weighted by atomic mass is 32.1. The number of carbonyl (C=O) groups is 2. The fourth-order valence-electron chi connectivity index (χ4n) is 2.88. The van der Waals surface area contributed by atoms with Crippen LogP contribution in [-0.2, 0) is 9.53 Å². The molecule has 164 valence electrons. The second kappa shape index (κ2) is 10.0. The smallest absolute Gasteiger partial charge is 0.341 e. The Morgan fingerprint density at radius 2 is 2.06 bits per heavy atom. The molecular formula is C23H21FN4O3S. The van der Waals surface area contributed by atoms with Crippen molar-refractivity contribution in [3.05, 3.63) is 63.9 Å². The van der Waals surface area contributed by atoms with E-state index in [1.807, 2.05) is 19.9 Å². The molecule has 2 N–H and O–H groups in total. The van der Waals surface area contributed by atoms with E-state index in [1.54, 1.807) is 25.1 Å². The maximum atomic E-state index is 13.2. The lowest BCUT2D eigenvalue weighted by Gasteiger charge is -2.06. The normalized spacial score (nSPS) is 11.3. The molecule has 7 nitrogen and oxygen atoms in total. The minimum atomic E-state index is -0.665. The molecule has 0 aliphatic heterocycles. The molecule has 0 saturated carbocycles. The Hall–Kier alpha value is -3.77. The number of aromatic amines is 1. The Morgan fingerprint density at radius 1 is 1.34 bits per heavy atom. The molecule has 0 saturated heterocycles. The highest BCUT2D eigenvalue weighted by Gasteiger charge is 2.22. The predicted molar refractivity (Wildman–Crippen MR) is 121 cm³/mol. The summed E-state index contributed by atoms with van der Waals surface area (Å²) in [6, 6.07) is 9.33. The summed E-state index contributed by atoms with van der Waals surface area (Å²) in [5, 5.41) is 19.3. The van der Waals surface area contributed by atoms with Gasteiger partial charge in [0.1, 0.15) is 22.5 Å². The van der Waals surface area contributed by atoms with Gasteiger partial charge < -0.3 is 10.1 Å². The van der Waals surface area contributed by atoms with E-state index in [1.165, 1.54) is 35.7 Å². The number of nitrogens with one attached hydrogen (secondary N) is 2. The van der Waals surface area contributed by atoms with Gasteiger partial charge in [0.2, 0.25) is 0 Å². The number of esters is 1. The second-order valence-electron chi connectivity index (χ2n) is 7.10. The summed E-state index contributed by atoms with van der Waals surface area (Å²) in [7, 11) is 0. The van der Waals surface area contributed by atoms with Gasteiger partial charge in [0.05, 0.1) is 24.1 Å². The summed E-state index contributed by atoms with van der Waals surface area (Å²) >= 11 is 1.26. The lowest BCUT2D eigenvalue weighted by Crippen LogP contribution is -2.15. The fourth-order valence-corrected chi connectivity index (χ4v) is 3.92. The van der Waals surface area contributed by atoms with Gasteiger partial charge in [0.25, 0.3) is 5.91 Å². The first-order chi connectivity index (χ1) is 15.3. The van der Waals surface area contributed by atoms with E-state index in [-0.39, 0.29) is 29.5 Å². The van der Waals surface area contributed by atoms with E-state index in [9.17, 15) is 19.2 Å². The van der Waals surface area contributed by atoms with Crippen molar-refractivity contribution in [2.24, 2.45) is 0 Å². The van der Waals surface area contributed by atoms with Gasteiger partial charge in [-0.2, -0.15) is 10.4 Å². The van der Waals surface area contributed by atoms with E-state index >= 15 is 0 Å². The number of thiophene rings is 1. The number of rotatable bonds is 7. The number of H-pyrrole nitrogens is 1. The minimum Gasteiger partial charge on any atom is -0.462 e. The van der Waals surface area contributed by atoms with Crippen molar-refractivity contribution in [3.8, 4) is 17.3 Å². The molecule has 0 radical (unpaired) electrons. The van der Waals surface area contributed by atoms with Crippen LogP contribution >= 0.6 is 11.3 Å². The van der Waals surface area contributed by atoms with E-state index in [0.717, 1.165) is 4.88 Å². The summed E-state index contributed by atoms with van der Waals surface area (Å²) in [6.07, 6.45) is 2.86. The number of carbonyl (C=O) groups excluding carboxylic acids is 2. The molecule has 0 aliphatic rings. The van der Waals surface area contributed by atoms with Crippen LogP contribution in [0.25, 0.3) is 17.3 Å². The third-order valence-corrected chi connectivity index (χ3v) is 5.86. The average Bonchev–Trinajstić information content (AvgIpc) is 3.40. The number of hydrogen-bond acceptors (Lipinski definition) is 6. The summed E-state index contributed by atoms with van der Waals surface area (Å²) in [5.74, 6) is -1.44. The van der Waals surface area contributed by atoms with Crippen LogP contribution < -0.4 is 5.32 Å². The molecule has 0 atom stereocenters. The molecule has 0 spiro atoms. The monoisotopic (exact) mass is 452 g/mol. The van der Waals surface area contributed by atoms with Crippen molar-refractivity contribution >= 4 is 34.3 Å². The van der Waals surface area contributed by atoms with Crippen LogP contribution in [0.1, 0.15) is 47.5 Å². The predicted octanol–water partition coefficient (Wildman–Crippen LogP) is 5.12. The maximum absolute atomic E-state index is 13.2. The highest BCUT2D eigenvalue weighted by molar-refractivity contribution is 7.16. The molecule has 9 heteroatoms. The van der Waals surface area contributed by atoms with E-state index < -0.39 is 11.9 Å². The SMILES string of the molecule is CCOC(=O)c1cc(C(C)C)sc1NC(=O)C(C#N)=Cc1cn[nH]c1-c1ccc(F)cc1. The number of benzene rings is 1. The van der Waals surface area contributed by atoms with Crippen LogP contribution in [-0.4, -0.2) is 28.7 Å². The Kier molecular flexibility index (Phi) is 7.18. The third kappa shape index (κ3) is 5.10. The van der Waals surface area contributed by atoms with Gasteiger partial charge in [-0.05, 0) is 49.2 Å². The quantitative estimate of drug-likeness (QED) is 0.294. The number of hydrogen-bond donors (Lipinski definition) is 2. The minimum absolute atomic E-state index is 0.147. The van der Waals surface area contributed by atoms with Crippen molar-refractivity contribution in [1.29, 1.82) is 5.26 Å². The van der Waals surface area contributed by atoms with Crippen LogP contribution in [0.4, 0.5) is 9.39 Å². The highest BCUT2D eigenvalue weighted by Crippen LogP contribution is 2.34. The summed E-state index contributed by atoms with van der Waals surface area (Å²) in [5.41, 5.74) is 1.75. The molecule has 3 rings (SSSR count). The van der Waals surface area contributed by atoms with Crippen LogP contribution in [0, 0.1) is 17.1 Å². The molecular weight excluding hydrogens is 431 g/mol. The molecule has 3 aromatic rings. The van der Waals surface area contributed by atoms with Crippen molar-refractivity contribution in [3.63, 3.8) is 0 Å². The number of nitriles is 1.